The number of nitro groups is 1. The van der Waals surface area contributed by atoms with E-state index in [2.05, 4.69) is 25.0 Å². The van der Waals surface area contributed by atoms with Crippen LogP contribution in [0.15, 0.2) is 33.8 Å². The molecule has 1 fully saturated rings. The number of rotatable bonds is 6. The minimum Gasteiger partial charge on any atom is -0.419 e. The topological polar surface area (TPSA) is 113 Å². The molecule has 2 heterocycles. The number of hydrogen-bond donors (Lipinski definition) is 0. The highest BCUT2D eigenvalue weighted by Crippen LogP contribution is 2.38. The summed E-state index contributed by atoms with van der Waals surface area (Å²) in [7, 11) is 0. The van der Waals surface area contributed by atoms with E-state index < -0.39 is 4.92 Å². The van der Waals surface area contributed by atoms with Gasteiger partial charge in [-0.2, -0.15) is 0 Å². The van der Waals surface area contributed by atoms with Crippen molar-refractivity contribution in [1.82, 2.24) is 25.0 Å². The molecule has 0 amide bonds. The SMILES string of the molecule is Cc1nnc(S[C@@H](C)c2nnc(-c3ccc([N+](=O)[O-])cc3)o2)n1C1CCCCC1. The number of benzene rings is 1. The third-order valence-corrected chi connectivity index (χ3v) is 6.21. The first-order chi connectivity index (χ1) is 14.0. The van der Waals surface area contributed by atoms with Crippen molar-refractivity contribution in [3.63, 3.8) is 0 Å². The molecule has 1 aromatic carbocycles. The van der Waals surface area contributed by atoms with Crippen LogP contribution in [0.4, 0.5) is 5.69 Å². The first-order valence-corrected chi connectivity index (χ1v) is 10.6. The standard InChI is InChI=1S/C19H22N6O3S/c1-12(29-19-23-20-13(2)24(19)15-6-4-3-5-7-15)17-21-22-18(28-17)14-8-10-16(11-9-14)25(26)27/h8-12,15H,3-7H2,1-2H3/t12-/m0/s1. The maximum absolute atomic E-state index is 10.8. The van der Waals surface area contributed by atoms with E-state index in [1.807, 2.05) is 13.8 Å². The number of hydrogen-bond acceptors (Lipinski definition) is 8. The molecule has 0 aliphatic heterocycles. The summed E-state index contributed by atoms with van der Waals surface area (Å²) in [5.74, 6) is 1.76. The molecule has 152 valence electrons. The number of nitrogens with zero attached hydrogens (tertiary/aromatic N) is 6. The van der Waals surface area contributed by atoms with Crippen LogP contribution < -0.4 is 0 Å². The van der Waals surface area contributed by atoms with Gasteiger partial charge in [-0.05, 0) is 38.8 Å². The number of aromatic nitrogens is 5. The molecule has 9 nitrogen and oxygen atoms in total. The Morgan fingerprint density at radius 3 is 2.55 bits per heavy atom. The van der Waals surface area contributed by atoms with E-state index in [1.165, 1.54) is 31.4 Å². The van der Waals surface area contributed by atoms with Gasteiger partial charge in [0, 0.05) is 23.7 Å². The van der Waals surface area contributed by atoms with Crippen molar-refractivity contribution in [2.45, 2.75) is 62.4 Å². The summed E-state index contributed by atoms with van der Waals surface area (Å²) in [5, 5.41) is 28.5. The van der Waals surface area contributed by atoms with Crippen molar-refractivity contribution < 1.29 is 9.34 Å². The number of nitro benzene ring substituents is 1. The maximum Gasteiger partial charge on any atom is 0.269 e. The Labute approximate surface area is 172 Å². The van der Waals surface area contributed by atoms with Gasteiger partial charge in [0.05, 0.1) is 10.2 Å². The molecule has 1 saturated carbocycles. The molecule has 3 aromatic rings. The Morgan fingerprint density at radius 2 is 1.86 bits per heavy atom. The van der Waals surface area contributed by atoms with Gasteiger partial charge in [-0.25, -0.2) is 0 Å². The van der Waals surface area contributed by atoms with Gasteiger partial charge in [-0.15, -0.1) is 20.4 Å². The predicted octanol–water partition coefficient (Wildman–Crippen LogP) is 4.90. The van der Waals surface area contributed by atoms with Crippen molar-refractivity contribution in [3.8, 4) is 11.5 Å². The summed E-state index contributed by atoms with van der Waals surface area (Å²) in [5.41, 5.74) is 0.669. The van der Waals surface area contributed by atoms with Crippen LogP contribution in [0.5, 0.6) is 0 Å². The van der Waals surface area contributed by atoms with Gasteiger partial charge in [-0.1, -0.05) is 31.0 Å². The molecule has 29 heavy (non-hydrogen) atoms. The fourth-order valence-electron chi connectivity index (χ4n) is 3.64. The predicted molar refractivity (Wildman–Crippen MR) is 108 cm³/mol. The third-order valence-electron chi connectivity index (χ3n) is 5.17. The smallest absolute Gasteiger partial charge is 0.269 e. The van der Waals surface area contributed by atoms with Crippen LogP contribution in [0.3, 0.4) is 0 Å². The number of non-ortho nitro benzene ring substituents is 1. The molecule has 0 saturated heterocycles. The highest BCUT2D eigenvalue weighted by molar-refractivity contribution is 7.99. The van der Waals surface area contributed by atoms with Crippen LogP contribution >= 0.6 is 11.8 Å². The molecular weight excluding hydrogens is 392 g/mol. The normalized spacial score (nSPS) is 16.1. The second kappa shape index (κ2) is 8.32. The maximum atomic E-state index is 10.8. The summed E-state index contributed by atoms with van der Waals surface area (Å²) >= 11 is 1.56. The largest absolute Gasteiger partial charge is 0.419 e. The van der Waals surface area contributed by atoms with E-state index in [0.717, 1.165) is 23.8 Å². The monoisotopic (exact) mass is 414 g/mol. The second-order valence-electron chi connectivity index (χ2n) is 7.20. The zero-order valence-corrected chi connectivity index (χ0v) is 17.1. The van der Waals surface area contributed by atoms with Gasteiger partial charge in [-0.3, -0.25) is 10.1 Å². The average Bonchev–Trinajstić information content (AvgIpc) is 3.36. The molecule has 0 spiro atoms. The van der Waals surface area contributed by atoms with Crippen LogP contribution in [0.2, 0.25) is 0 Å². The van der Waals surface area contributed by atoms with Gasteiger partial charge in [0.15, 0.2) is 5.16 Å². The molecule has 1 atom stereocenters. The first kappa shape index (κ1) is 19.6. The van der Waals surface area contributed by atoms with Gasteiger partial charge < -0.3 is 8.98 Å². The Hall–Kier alpha value is -2.75. The van der Waals surface area contributed by atoms with Gasteiger partial charge in [0.2, 0.25) is 11.8 Å². The van der Waals surface area contributed by atoms with E-state index in [1.54, 1.807) is 23.9 Å². The van der Waals surface area contributed by atoms with Crippen LogP contribution in [-0.4, -0.2) is 29.9 Å². The zero-order valence-electron chi connectivity index (χ0n) is 16.3. The molecule has 1 aliphatic carbocycles. The molecule has 1 aliphatic rings. The first-order valence-electron chi connectivity index (χ1n) is 9.69. The van der Waals surface area contributed by atoms with E-state index >= 15 is 0 Å². The number of thioether (sulfide) groups is 1. The average molecular weight is 414 g/mol. The summed E-state index contributed by atoms with van der Waals surface area (Å²) in [6.45, 7) is 3.99. The van der Waals surface area contributed by atoms with E-state index in [0.29, 0.717) is 23.4 Å². The van der Waals surface area contributed by atoms with Crippen LogP contribution in [0.1, 0.15) is 62.0 Å². The Morgan fingerprint density at radius 1 is 1.14 bits per heavy atom. The molecule has 10 heteroatoms. The summed E-state index contributed by atoms with van der Waals surface area (Å²) < 4.78 is 8.07. The van der Waals surface area contributed by atoms with Crippen molar-refractivity contribution in [3.05, 3.63) is 46.1 Å². The van der Waals surface area contributed by atoms with Gasteiger partial charge in [0.1, 0.15) is 5.82 Å². The Kier molecular flexibility index (Phi) is 5.61. The minimum atomic E-state index is -0.438. The van der Waals surface area contributed by atoms with E-state index in [9.17, 15) is 10.1 Å². The van der Waals surface area contributed by atoms with Crippen LogP contribution in [-0.2, 0) is 0 Å². The molecule has 4 rings (SSSR count). The quantitative estimate of drug-likeness (QED) is 0.318. The van der Waals surface area contributed by atoms with Crippen molar-refractivity contribution in [2.24, 2.45) is 0 Å². The molecule has 0 unspecified atom stereocenters. The fourth-order valence-corrected chi connectivity index (χ4v) is 4.63. The molecule has 0 N–H and O–H groups in total. The van der Waals surface area contributed by atoms with Crippen molar-refractivity contribution in [2.75, 3.05) is 0 Å². The Bertz CT molecular complexity index is 994. The highest BCUT2D eigenvalue weighted by atomic mass is 32.2. The minimum absolute atomic E-state index is 0.0230. The summed E-state index contributed by atoms with van der Waals surface area (Å²) in [6, 6.07) is 6.51. The molecule has 0 bridgehead atoms. The third kappa shape index (κ3) is 4.16. The second-order valence-corrected chi connectivity index (χ2v) is 8.51. The van der Waals surface area contributed by atoms with Crippen LogP contribution in [0.25, 0.3) is 11.5 Å². The lowest BCUT2D eigenvalue weighted by molar-refractivity contribution is -0.384. The van der Waals surface area contributed by atoms with Gasteiger partial charge >= 0.3 is 0 Å². The van der Waals surface area contributed by atoms with E-state index in [-0.39, 0.29) is 10.9 Å². The fraction of sp³-hybridized carbons (Fsp3) is 0.474. The van der Waals surface area contributed by atoms with Gasteiger partial charge in [0.25, 0.3) is 5.69 Å². The molecular formula is C19H22N6O3S. The summed E-state index contributed by atoms with van der Waals surface area (Å²) in [6.07, 6.45) is 6.09. The zero-order chi connectivity index (χ0) is 20.4. The number of aryl methyl sites for hydroxylation is 1. The van der Waals surface area contributed by atoms with Crippen molar-refractivity contribution >= 4 is 17.4 Å². The van der Waals surface area contributed by atoms with Crippen LogP contribution in [0, 0.1) is 17.0 Å². The van der Waals surface area contributed by atoms with E-state index in [4.69, 9.17) is 4.42 Å². The Balaban J connectivity index is 1.50. The highest BCUT2D eigenvalue weighted by Gasteiger charge is 2.25. The lowest BCUT2D eigenvalue weighted by Gasteiger charge is -2.25. The lowest BCUT2D eigenvalue weighted by Crippen LogP contribution is -2.15. The molecule has 0 radical (unpaired) electrons. The summed E-state index contributed by atoms with van der Waals surface area (Å²) in [4.78, 5) is 10.4. The lowest BCUT2D eigenvalue weighted by atomic mass is 9.95. The molecule has 2 aromatic heterocycles. The van der Waals surface area contributed by atoms with Crippen molar-refractivity contribution in [1.29, 1.82) is 0 Å².